The Balaban J connectivity index is 1.58. The number of carbonyl (C=O) groups excluding carboxylic acids is 1. The minimum atomic E-state index is -0.626. The van der Waals surface area contributed by atoms with E-state index in [0.29, 0.717) is 23.0 Å². The molecular formula is C23H24N2O4. The summed E-state index contributed by atoms with van der Waals surface area (Å²) in [6, 6.07) is 15.2. The lowest BCUT2D eigenvalue weighted by Crippen LogP contribution is -2.28. The third kappa shape index (κ3) is 3.46. The highest BCUT2D eigenvalue weighted by molar-refractivity contribution is 6.01. The van der Waals surface area contributed by atoms with Crippen molar-refractivity contribution in [3.8, 4) is 22.8 Å². The van der Waals surface area contributed by atoms with Crippen LogP contribution in [-0.2, 0) is 16.6 Å². The molecule has 3 aromatic rings. The Morgan fingerprint density at radius 1 is 1.10 bits per heavy atom. The quantitative estimate of drug-likeness (QED) is 0.636. The Hall–Kier alpha value is -3.28. The molecule has 1 fully saturated rings. The topological polar surface area (TPSA) is 73.6 Å². The van der Waals surface area contributed by atoms with Gasteiger partial charge in [0.1, 0.15) is 0 Å². The smallest absolute Gasteiger partial charge is 0.236 e. The molecule has 4 rings (SSSR count). The maximum Gasteiger partial charge on any atom is 0.236 e. The summed E-state index contributed by atoms with van der Waals surface area (Å²) in [4.78, 5) is 13.1. The monoisotopic (exact) mass is 392 g/mol. The number of amides is 1. The number of benzene rings is 2. The molecule has 0 unspecified atom stereocenters. The Morgan fingerprint density at radius 2 is 1.86 bits per heavy atom. The number of para-hydroxylation sites is 1. The number of aromatic nitrogens is 1. The first-order valence-electron chi connectivity index (χ1n) is 9.70. The summed E-state index contributed by atoms with van der Waals surface area (Å²) in [6.07, 6.45) is 2.37. The SMILES string of the molecule is CCc1ccccc1NC(=O)C1(c2cc(-c3ccc(OC)c(OC)c3)on2)CC1. The molecule has 0 atom stereocenters. The number of rotatable bonds is 7. The molecule has 1 heterocycles. The maximum atomic E-state index is 13.1. The number of anilines is 1. The zero-order valence-electron chi connectivity index (χ0n) is 16.8. The molecule has 1 amide bonds. The van der Waals surface area contributed by atoms with Gasteiger partial charge in [-0.15, -0.1) is 0 Å². The summed E-state index contributed by atoms with van der Waals surface area (Å²) in [7, 11) is 3.18. The number of hydrogen-bond donors (Lipinski definition) is 1. The Morgan fingerprint density at radius 3 is 2.55 bits per heavy atom. The summed E-state index contributed by atoms with van der Waals surface area (Å²) in [5.41, 5.74) is 2.82. The van der Waals surface area contributed by atoms with E-state index in [1.807, 2.05) is 48.5 Å². The largest absolute Gasteiger partial charge is 0.493 e. The molecule has 0 spiro atoms. The summed E-state index contributed by atoms with van der Waals surface area (Å²) in [6.45, 7) is 2.07. The zero-order chi connectivity index (χ0) is 20.4. The van der Waals surface area contributed by atoms with Gasteiger partial charge in [-0.3, -0.25) is 4.79 Å². The first kappa shape index (κ1) is 19.1. The van der Waals surface area contributed by atoms with Gasteiger partial charge in [-0.2, -0.15) is 0 Å². The highest BCUT2D eigenvalue weighted by Gasteiger charge is 2.54. The van der Waals surface area contributed by atoms with Crippen LogP contribution in [0.4, 0.5) is 5.69 Å². The van der Waals surface area contributed by atoms with Crippen molar-refractivity contribution < 1.29 is 18.8 Å². The average molecular weight is 392 g/mol. The molecule has 1 aromatic heterocycles. The summed E-state index contributed by atoms with van der Waals surface area (Å²) in [5, 5.41) is 7.31. The van der Waals surface area contributed by atoms with Crippen molar-refractivity contribution in [2.45, 2.75) is 31.6 Å². The van der Waals surface area contributed by atoms with Gasteiger partial charge in [0.25, 0.3) is 0 Å². The molecule has 150 valence electrons. The molecule has 6 heteroatoms. The summed E-state index contributed by atoms with van der Waals surface area (Å²) < 4.78 is 16.2. The van der Waals surface area contributed by atoms with Crippen molar-refractivity contribution >= 4 is 11.6 Å². The van der Waals surface area contributed by atoms with Gasteiger partial charge < -0.3 is 19.3 Å². The Labute approximate surface area is 169 Å². The van der Waals surface area contributed by atoms with Crippen molar-refractivity contribution in [2.24, 2.45) is 0 Å². The van der Waals surface area contributed by atoms with Crippen molar-refractivity contribution in [2.75, 3.05) is 19.5 Å². The predicted molar refractivity (Wildman–Crippen MR) is 110 cm³/mol. The van der Waals surface area contributed by atoms with Crippen LogP contribution in [0.25, 0.3) is 11.3 Å². The number of nitrogens with zero attached hydrogens (tertiary/aromatic N) is 1. The summed E-state index contributed by atoms with van der Waals surface area (Å²) in [5.74, 6) is 1.81. The van der Waals surface area contributed by atoms with Crippen molar-refractivity contribution in [3.05, 3.63) is 59.8 Å². The number of methoxy groups -OCH3 is 2. The van der Waals surface area contributed by atoms with Gasteiger partial charge in [-0.05, 0) is 49.1 Å². The van der Waals surface area contributed by atoms with Crippen LogP contribution in [0, 0.1) is 0 Å². The van der Waals surface area contributed by atoms with E-state index < -0.39 is 5.41 Å². The molecule has 1 aliphatic carbocycles. The fourth-order valence-corrected chi connectivity index (χ4v) is 3.54. The Bertz CT molecular complexity index is 1040. The van der Waals surface area contributed by atoms with Crippen LogP contribution in [0.3, 0.4) is 0 Å². The predicted octanol–water partition coefficient (Wildman–Crippen LogP) is 4.59. The van der Waals surface area contributed by atoms with Gasteiger partial charge in [0.2, 0.25) is 5.91 Å². The van der Waals surface area contributed by atoms with E-state index in [1.165, 1.54) is 0 Å². The molecular weight excluding hydrogens is 368 g/mol. The lowest BCUT2D eigenvalue weighted by atomic mass is 9.99. The number of hydrogen-bond acceptors (Lipinski definition) is 5. The first-order valence-corrected chi connectivity index (χ1v) is 9.70. The second-order valence-corrected chi connectivity index (χ2v) is 7.19. The lowest BCUT2D eigenvalue weighted by molar-refractivity contribution is -0.118. The molecule has 0 radical (unpaired) electrons. The van der Waals surface area contributed by atoms with Crippen LogP contribution >= 0.6 is 0 Å². The molecule has 1 saturated carbocycles. The van der Waals surface area contributed by atoms with Gasteiger partial charge in [0.05, 0.1) is 25.3 Å². The number of aryl methyl sites for hydroxylation is 1. The summed E-state index contributed by atoms with van der Waals surface area (Å²) >= 11 is 0. The molecule has 0 bridgehead atoms. The van der Waals surface area contributed by atoms with E-state index in [0.717, 1.165) is 36.1 Å². The van der Waals surface area contributed by atoms with E-state index in [2.05, 4.69) is 17.4 Å². The fraction of sp³-hybridized carbons (Fsp3) is 0.304. The molecule has 6 nitrogen and oxygen atoms in total. The van der Waals surface area contributed by atoms with Crippen LogP contribution < -0.4 is 14.8 Å². The van der Waals surface area contributed by atoms with Crippen molar-refractivity contribution in [1.82, 2.24) is 5.16 Å². The zero-order valence-corrected chi connectivity index (χ0v) is 16.8. The molecule has 29 heavy (non-hydrogen) atoms. The number of nitrogens with one attached hydrogen (secondary N) is 1. The molecule has 0 aliphatic heterocycles. The third-order valence-electron chi connectivity index (χ3n) is 5.50. The standard InChI is InChI=1S/C23H24N2O4/c1-4-15-7-5-6-8-17(15)24-22(26)23(11-12-23)21-14-19(29-25-21)16-9-10-18(27-2)20(13-16)28-3/h5-10,13-14H,4,11-12H2,1-3H3,(H,24,26). The van der Waals surface area contributed by atoms with Crippen LogP contribution in [-0.4, -0.2) is 25.3 Å². The molecule has 1 N–H and O–H groups in total. The van der Waals surface area contributed by atoms with Gasteiger partial charge in [0, 0.05) is 17.3 Å². The molecule has 0 saturated heterocycles. The van der Waals surface area contributed by atoms with Gasteiger partial charge in [-0.1, -0.05) is 30.3 Å². The maximum absolute atomic E-state index is 13.1. The minimum Gasteiger partial charge on any atom is -0.493 e. The van der Waals surface area contributed by atoms with Crippen molar-refractivity contribution in [1.29, 1.82) is 0 Å². The highest BCUT2D eigenvalue weighted by atomic mass is 16.5. The van der Waals surface area contributed by atoms with E-state index in [1.54, 1.807) is 14.2 Å². The number of carbonyl (C=O) groups is 1. The highest BCUT2D eigenvalue weighted by Crippen LogP contribution is 2.49. The van der Waals surface area contributed by atoms with Crippen molar-refractivity contribution in [3.63, 3.8) is 0 Å². The number of ether oxygens (including phenoxy) is 2. The minimum absolute atomic E-state index is 0.0365. The fourth-order valence-electron chi connectivity index (χ4n) is 3.54. The third-order valence-corrected chi connectivity index (χ3v) is 5.50. The second-order valence-electron chi connectivity index (χ2n) is 7.19. The van der Waals surface area contributed by atoms with Crippen LogP contribution in [0.1, 0.15) is 31.0 Å². The second kappa shape index (κ2) is 7.62. The normalized spacial score (nSPS) is 14.3. The van der Waals surface area contributed by atoms with Crippen LogP contribution in [0.2, 0.25) is 0 Å². The molecule has 2 aromatic carbocycles. The lowest BCUT2D eigenvalue weighted by Gasteiger charge is -2.14. The van der Waals surface area contributed by atoms with E-state index in [-0.39, 0.29) is 5.91 Å². The first-order chi connectivity index (χ1) is 14.1. The van der Waals surface area contributed by atoms with Crippen LogP contribution in [0.15, 0.2) is 53.1 Å². The van der Waals surface area contributed by atoms with E-state index in [4.69, 9.17) is 14.0 Å². The van der Waals surface area contributed by atoms with Gasteiger partial charge in [-0.25, -0.2) is 0 Å². The van der Waals surface area contributed by atoms with E-state index in [9.17, 15) is 4.79 Å². The van der Waals surface area contributed by atoms with Crippen LogP contribution in [0.5, 0.6) is 11.5 Å². The Kier molecular flexibility index (Phi) is 5.01. The van der Waals surface area contributed by atoms with Gasteiger partial charge >= 0.3 is 0 Å². The van der Waals surface area contributed by atoms with E-state index >= 15 is 0 Å². The van der Waals surface area contributed by atoms with Gasteiger partial charge in [0.15, 0.2) is 17.3 Å². The average Bonchev–Trinajstić information content (AvgIpc) is 3.43. The molecule has 1 aliphatic rings.